The van der Waals surface area contributed by atoms with E-state index < -0.39 is 0 Å². The number of hydrogen-bond acceptors (Lipinski definition) is 2. The van der Waals surface area contributed by atoms with Crippen LogP contribution in [-0.2, 0) is 6.42 Å². The first-order valence-corrected chi connectivity index (χ1v) is 7.49. The van der Waals surface area contributed by atoms with Gasteiger partial charge in [0.1, 0.15) is 6.07 Å². The van der Waals surface area contributed by atoms with Crippen molar-refractivity contribution in [3.8, 4) is 6.07 Å². The highest BCUT2D eigenvalue weighted by Gasteiger charge is 2.16. The third-order valence-electron chi connectivity index (χ3n) is 3.63. The molecule has 1 heterocycles. The molecule has 1 aromatic heterocycles. The van der Waals surface area contributed by atoms with Gasteiger partial charge < -0.3 is 5.21 Å². The highest BCUT2D eigenvalue weighted by atomic mass is 35.5. The van der Waals surface area contributed by atoms with Crippen LogP contribution in [0.2, 0.25) is 5.02 Å². The van der Waals surface area contributed by atoms with E-state index in [1.807, 2.05) is 0 Å². The molecule has 3 nitrogen and oxygen atoms in total. The highest BCUT2D eigenvalue weighted by molar-refractivity contribution is 6.31. The summed E-state index contributed by atoms with van der Waals surface area (Å²) in [5.41, 5.74) is 1.89. The van der Waals surface area contributed by atoms with Gasteiger partial charge in [0.2, 0.25) is 0 Å². The summed E-state index contributed by atoms with van der Waals surface area (Å²) in [4.78, 5) is 0. The highest BCUT2D eigenvalue weighted by Crippen LogP contribution is 2.28. The zero-order chi connectivity index (χ0) is 14.5. The maximum Gasteiger partial charge on any atom is 0.102 e. The molecule has 0 saturated heterocycles. The normalized spacial score (nSPS) is 10.8. The van der Waals surface area contributed by atoms with Gasteiger partial charge in [-0.15, -0.1) is 0 Å². The van der Waals surface area contributed by atoms with E-state index in [9.17, 15) is 10.5 Å². The number of nitrogens with zero attached hydrogens (tertiary/aromatic N) is 2. The number of rotatable bonds is 6. The Hall–Kier alpha value is -1.66. The monoisotopic (exact) mass is 290 g/mol. The molecule has 0 radical (unpaired) electrons. The minimum atomic E-state index is 0.542. The van der Waals surface area contributed by atoms with E-state index in [4.69, 9.17) is 11.6 Å². The maximum atomic E-state index is 10.2. The Morgan fingerprint density at radius 3 is 2.70 bits per heavy atom. The van der Waals surface area contributed by atoms with Crippen LogP contribution in [0.4, 0.5) is 0 Å². The Labute approximate surface area is 124 Å². The maximum absolute atomic E-state index is 10.2. The van der Waals surface area contributed by atoms with Gasteiger partial charge in [-0.2, -0.15) is 9.99 Å². The Kier molecular flexibility index (Phi) is 4.92. The van der Waals surface area contributed by atoms with E-state index in [0.717, 1.165) is 29.4 Å². The molecular weight excluding hydrogens is 272 g/mol. The van der Waals surface area contributed by atoms with Crippen LogP contribution in [0.5, 0.6) is 0 Å². The largest absolute Gasteiger partial charge is 0.428 e. The summed E-state index contributed by atoms with van der Waals surface area (Å²) in [6.07, 6.45) is 6.48. The van der Waals surface area contributed by atoms with Crippen molar-refractivity contribution in [3.05, 3.63) is 34.5 Å². The van der Waals surface area contributed by atoms with Crippen LogP contribution in [0.25, 0.3) is 10.9 Å². The van der Waals surface area contributed by atoms with Crippen LogP contribution in [0.1, 0.15) is 50.3 Å². The second-order valence-corrected chi connectivity index (χ2v) is 5.51. The van der Waals surface area contributed by atoms with E-state index >= 15 is 0 Å². The van der Waals surface area contributed by atoms with Gasteiger partial charge in [-0.05, 0) is 31.0 Å². The molecule has 0 aliphatic carbocycles. The zero-order valence-corrected chi connectivity index (χ0v) is 12.5. The van der Waals surface area contributed by atoms with E-state index in [1.54, 1.807) is 18.2 Å². The van der Waals surface area contributed by atoms with Gasteiger partial charge in [0.15, 0.2) is 0 Å². The number of unbranched alkanes of at least 4 members (excludes halogenated alkanes) is 4. The fourth-order valence-electron chi connectivity index (χ4n) is 2.55. The van der Waals surface area contributed by atoms with Crippen molar-refractivity contribution in [1.29, 1.82) is 5.26 Å². The summed E-state index contributed by atoms with van der Waals surface area (Å²) in [5, 5.41) is 20.9. The lowest BCUT2D eigenvalue weighted by atomic mass is 10.1. The van der Waals surface area contributed by atoms with Crippen molar-refractivity contribution in [3.63, 3.8) is 0 Å². The van der Waals surface area contributed by atoms with Crippen molar-refractivity contribution in [2.45, 2.75) is 45.4 Å². The smallest absolute Gasteiger partial charge is 0.102 e. The molecule has 0 fully saturated rings. The molecule has 20 heavy (non-hydrogen) atoms. The topological polar surface area (TPSA) is 49.0 Å². The van der Waals surface area contributed by atoms with E-state index in [1.165, 1.54) is 19.3 Å². The quantitative estimate of drug-likeness (QED) is 0.606. The number of aromatic nitrogens is 1. The van der Waals surface area contributed by atoms with Crippen LogP contribution in [0.15, 0.2) is 18.2 Å². The van der Waals surface area contributed by atoms with E-state index in [2.05, 4.69) is 13.0 Å². The van der Waals surface area contributed by atoms with Crippen LogP contribution in [-0.4, -0.2) is 9.94 Å². The summed E-state index contributed by atoms with van der Waals surface area (Å²) < 4.78 is 1.14. The summed E-state index contributed by atoms with van der Waals surface area (Å²) in [5.74, 6) is 0. The molecule has 4 heteroatoms. The summed E-state index contributed by atoms with van der Waals surface area (Å²) in [7, 11) is 0. The van der Waals surface area contributed by atoms with Gasteiger partial charge in [-0.25, -0.2) is 0 Å². The van der Waals surface area contributed by atoms with Gasteiger partial charge in [0, 0.05) is 10.4 Å². The van der Waals surface area contributed by atoms with Gasteiger partial charge in [0.05, 0.1) is 16.8 Å². The standard InChI is InChI=1S/C16H19ClN2O/c1-2-3-4-5-6-7-15-14(11-18)13-10-12(17)8-9-16(13)19(15)20/h8-10,20H,2-7H2,1H3. The van der Waals surface area contributed by atoms with Crippen LogP contribution < -0.4 is 0 Å². The Balaban J connectivity index is 2.24. The number of nitriles is 1. The fraction of sp³-hybridized carbons (Fsp3) is 0.438. The van der Waals surface area contributed by atoms with Gasteiger partial charge in [-0.1, -0.05) is 44.2 Å². The molecule has 0 amide bonds. The van der Waals surface area contributed by atoms with Crippen molar-refractivity contribution >= 4 is 22.5 Å². The third kappa shape index (κ3) is 2.91. The lowest BCUT2D eigenvalue weighted by Crippen LogP contribution is -1.99. The molecule has 0 saturated carbocycles. The third-order valence-corrected chi connectivity index (χ3v) is 3.86. The van der Waals surface area contributed by atoms with Crippen LogP contribution in [0.3, 0.4) is 0 Å². The van der Waals surface area contributed by atoms with Crippen molar-refractivity contribution in [2.75, 3.05) is 0 Å². The Morgan fingerprint density at radius 2 is 2.00 bits per heavy atom. The number of fused-ring (bicyclic) bond motifs is 1. The second kappa shape index (κ2) is 6.67. The molecule has 0 bridgehead atoms. The first-order chi connectivity index (χ1) is 9.69. The molecule has 1 aromatic carbocycles. The van der Waals surface area contributed by atoms with Crippen LogP contribution in [0, 0.1) is 11.3 Å². The molecule has 106 valence electrons. The summed E-state index contributed by atoms with van der Waals surface area (Å²) in [6.45, 7) is 2.18. The molecule has 2 rings (SSSR count). The fourth-order valence-corrected chi connectivity index (χ4v) is 2.72. The minimum Gasteiger partial charge on any atom is -0.428 e. The van der Waals surface area contributed by atoms with Gasteiger partial charge >= 0.3 is 0 Å². The molecule has 0 atom stereocenters. The van der Waals surface area contributed by atoms with Crippen molar-refractivity contribution in [1.82, 2.24) is 4.73 Å². The van der Waals surface area contributed by atoms with Crippen molar-refractivity contribution in [2.24, 2.45) is 0 Å². The number of halogens is 1. The predicted octanol–water partition coefficient (Wildman–Crippen LogP) is 4.92. The van der Waals surface area contributed by atoms with E-state index in [0.29, 0.717) is 21.8 Å². The van der Waals surface area contributed by atoms with Crippen LogP contribution >= 0.6 is 11.6 Å². The minimum absolute atomic E-state index is 0.542. The Bertz CT molecular complexity index is 640. The molecule has 2 aromatic rings. The molecule has 0 aliphatic rings. The lowest BCUT2D eigenvalue weighted by molar-refractivity contribution is 0.190. The molecule has 1 N–H and O–H groups in total. The average molecular weight is 291 g/mol. The molecule has 0 unspecified atom stereocenters. The van der Waals surface area contributed by atoms with Gasteiger partial charge in [-0.3, -0.25) is 0 Å². The summed E-state index contributed by atoms with van der Waals surface area (Å²) in [6, 6.07) is 7.41. The first kappa shape index (κ1) is 14.7. The van der Waals surface area contributed by atoms with Gasteiger partial charge in [0.25, 0.3) is 0 Å². The second-order valence-electron chi connectivity index (χ2n) is 5.07. The molecule has 0 spiro atoms. The predicted molar refractivity (Wildman–Crippen MR) is 81.3 cm³/mol. The first-order valence-electron chi connectivity index (χ1n) is 7.11. The SMILES string of the molecule is CCCCCCCc1c(C#N)c2cc(Cl)ccc2n1O. The molecule has 0 aliphatic heterocycles. The van der Waals surface area contributed by atoms with E-state index in [-0.39, 0.29) is 0 Å². The summed E-state index contributed by atoms with van der Waals surface area (Å²) >= 11 is 5.97. The number of hydrogen-bond donors (Lipinski definition) is 1. The lowest BCUT2D eigenvalue weighted by Gasteiger charge is -2.03. The number of benzene rings is 1. The Morgan fingerprint density at radius 1 is 1.25 bits per heavy atom. The average Bonchev–Trinajstić information content (AvgIpc) is 2.70. The molecular formula is C16H19ClN2O. The zero-order valence-electron chi connectivity index (χ0n) is 11.7. The van der Waals surface area contributed by atoms with Crippen molar-refractivity contribution < 1.29 is 5.21 Å².